The van der Waals surface area contributed by atoms with Crippen LogP contribution < -0.4 is 5.32 Å². The van der Waals surface area contributed by atoms with E-state index in [1.165, 1.54) is 5.56 Å². The van der Waals surface area contributed by atoms with Gasteiger partial charge in [-0.2, -0.15) is 5.10 Å². The maximum Gasteiger partial charge on any atom is 0.276 e. The van der Waals surface area contributed by atoms with Crippen molar-refractivity contribution >= 4 is 23.2 Å². The van der Waals surface area contributed by atoms with Gasteiger partial charge in [0.05, 0.1) is 18.8 Å². The minimum atomic E-state index is -0.220. The minimum absolute atomic E-state index is 0.107. The molecule has 0 aliphatic carbocycles. The number of benzene rings is 2. The summed E-state index contributed by atoms with van der Waals surface area (Å²) in [5.41, 5.74) is 4.33. The zero-order valence-corrected chi connectivity index (χ0v) is 16.6. The van der Waals surface area contributed by atoms with Gasteiger partial charge >= 0.3 is 0 Å². The van der Waals surface area contributed by atoms with Crippen molar-refractivity contribution in [3.05, 3.63) is 82.1 Å². The summed E-state index contributed by atoms with van der Waals surface area (Å²) in [5, 5.41) is 8.09. The van der Waals surface area contributed by atoms with Gasteiger partial charge < -0.3 is 10.1 Å². The van der Waals surface area contributed by atoms with E-state index in [4.69, 9.17) is 16.3 Å². The molecule has 0 radical (unpaired) electrons. The Bertz CT molecular complexity index is 978. The highest BCUT2D eigenvalue weighted by Crippen LogP contribution is 2.27. The molecule has 144 valence electrons. The van der Waals surface area contributed by atoms with Crippen molar-refractivity contribution in [3.63, 3.8) is 0 Å². The number of halogens is 1. The van der Waals surface area contributed by atoms with Crippen LogP contribution >= 0.6 is 11.6 Å². The lowest BCUT2D eigenvalue weighted by atomic mass is 10.0. The predicted octanol–water partition coefficient (Wildman–Crippen LogP) is 5.18. The van der Waals surface area contributed by atoms with Gasteiger partial charge in [0.15, 0.2) is 5.69 Å². The number of nitrogens with zero attached hydrogens (tertiary/aromatic N) is 2. The largest absolute Gasteiger partial charge is 0.365 e. The monoisotopic (exact) mass is 395 g/mol. The molecule has 5 nitrogen and oxygen atoms in total. The van der Waals surface area contributed by atoms with E-state index in [9.17, 15) is 4.79 Å². The fourth-order valence-electron chi connectivity index (χ4n) is 3.26. The molecular formula is C22H22ClN3O2. The highest BCUT2D eigenvalue weighted by molar-refractivity contribution is 6.30. The molecule has 1 amide bonds. The number of aromatic nitrogens is 2. The van der Waals surface area contributed by atoms with Gasteiger partial charge in [-0.05, 0) is 47.4 Å². The summed E-state index contributed by atoms with van der Waals surface area (Å²) in [6.45, 7) is 5.26. The van der Waals surface area contributed by atoms with Gasteiger partial charge in [-0.3, -0.25) is 9.48 Å². The first-order valence-electron chi connectivity index (χ1n) is 9.34. The van der Waals surface area contributed by atoms with E-state index in [1.54, 1.807) is 6.07 Å². The Morgan fingerprint density at radius 2 is 1.89 bits per heavy atom. The summed E-state index contributed by atoms with van der Waals surface area (Å²) in [7, 11) is 0. The molecular weight excluding hydrogens is 374 g/mol. The molecule has 1 N–H and O–H groups in total. The van der Waals surface area contributed by atoms with Crippen LogP contribution in [-0.4, -0.2) is 15.7 Å². The molecule has 6 heteroatoms. The average molecular weight is 396 g/mol. The summed E-state index contributed by atoms with van der Waals surface area (Å²) in [4.78, 5) is 12.6. The van der Waals surface area contributed by atoms with E-state index in [0.717, 1.165) is 16.9 Å². The van der Waals surface area contributed by atoms with Gasteiger partial charge in [-0.15, -0.1) is 0 Å². The number of hydrogen-bond acceptors (Lipinski definition) is 3. The number of carbonyl (C=O) groups is 1. The van der Waals surface area contributed by atoms with Crippen molar-refractivity contribution in [1.82, 2.24) is 9.78 Å². The second-order valence-corrected chi connectivity index (χ2v) is 7.72. The summed E-state index contributed by atoms with van der Waals surface area (Å²) in [6, 6.07) is 17.3. The zero-order chi connectivity index (χ0) is 19.7. The van der Waals surface area contributed by atoms with Crippen LogP contribution in [0.4, 0.5) is 5.69 Å². The van der Waals surface area contributed by atoms with E-state index in [2.05, 4.69) is 24.3 Å². The fraction of sp³-hybridized carbons (Fsp3) is 0.273. The molecule has 1 atom stereocenters. The van der Waals surface area contributed by atoms with Gasteiger partial charge in [0.1, 0.15) is 6.10 Å². The molecule has 2 heterocycles. The Hall–Kier alpha value is -2.63. The van der Waals surface area contributed by atoms with E-state index in [-0.39, 0.29) is 12.0 Å². The summed E-state index contributed by atoms with van der Waals surface area (Å²) in [6.07, 6.45) is -0.107. The standard InChI is InChI=1S/C22H22ClN3O2/c1-14(2)15-5-9-18(10-6-15)24-22(27)20-11-19-13-28-21(12-26(19)25-20)16-3-7-17(23)8-4-16/h3-11,14,21H,12-13H2,1-2H3,(H,24,27)/t21-/m0/s1. The number of rotatable bonds is 4. The normalized spacial score (nSPS) is 16.1. The lowest BCUT2D eigenvalue weighted by Gasteiger charge is -2.24. The summed E-state index contributed by atoms with van der Waals surface area (Å²) < 4.78 is 7.79. The molecule has 2 aromatic carbocycles. The van der Waals surface area contributed by atoms with Crippen molar-refractivity contribution in [2.75, 3.05) is 5.32 Å². The zero-order valence-electron chi connectivity index (χ0n) is 15.9. The Morgan fingerprint density at radius 1 is 1.18 bits per heavy atom. The highest BCUT2D eigenvalue weighted by atomic mass is 35.5. The Balaban J connectivity index is 1.46. The van der Waals surface area contributed by atoms with Crippen LogP contribution in [0.25, 0.3) is 0 Å². The maximum atomic E-state index is 12.6. The van der Waals surface area contributed by atoms with Crippen molar-refractivity contribution < 1.29 is 9.53 Å². The van der Waals surface area contributed by atoms with E-state index in [0.29, 0.717) is 29.8 Å². The topological polar surface area (TPSA) is 56.2 Å². The lowest BCUT2D eigenvalue weighted by Crippen LogP contribution is -2.22. The minimum Gasteiger partial charge on any atom is -0.365 e. The molecule has 0 unspecified atom stereocenters. The van der Waals surface area contributed by atoms with Crippen molar-refractivity contribution in [2.24, 2.45) is 0 Å². The van der Waals surface area contributed by atoms with Gasteiger partial charge in [0.2, 0.25) is 0 Å². The first-order valence-corrected chi connectivity index (χ1v) is 9.72. The molecule has 1 aromatic heterocycles. The molecule has 0 saturated carbocycles. The predicted molar refractivity (Wildman–Crippen MR) is 110 cm³/mol. The Labute approximate surface area is 169 Å². The Morgan fingerprint density at radius 3 is 2.57 bits per heavy atom. The Kier molecular flexibility index (Phi) is 5.20. The first kappa shape index (κ1) is 18.7. The van der Waals surface area contributed by atoms with Crippen LogP contribution in [-0.2, 0) is 17.9 Å². The number of anilines is 1. The van der Waals surface area contributed by atoms with Crippen LogP contribution in [0.15, 0.2) is 54.6 Å². The quantitative estimate of drug-likeness (QED) is 0.661. The third kappa shape index (κ3) is 3.96. The molecule has 4 rings (SSSR count). The first-order chi connectivity index (χ1) is 13.5. The number of carbonyl (C=O) groups excluding carboxylic acids is 1. The van der Waals surface area contributed by atoms with Crippen LogP contribution in [0, 0.1) is 0 Å². The van der Waals surface area contributed by atoms with Crippen LogP contribution in [0.1, 0.15) is 53.2 Å². The molecule has 0 bridgehead atoms. The van der Waals surface area contributed by atoms with Crippen LogP contribution in [0.3, 0.4) is 0 Å². The average Bonchev–Trinajstić information content (AvgIpc) is 3.12. The van der Waals surface area contributed by atoms with Gasteiger partial charge in [-0.1, -0.05) is 49.7 Å². The van der Waals surface area contributed by atoms with Crippen LogP contribution in [0.2, 0.25) is 5.02 Å². The third-order valence-corrected chi connectivity index (χ3v) is 5.20. The second kappa shape index (κ2) is 7.78. The van der Waals surface area contributed by atoms with E-state index in [1.807, 2.05) is 53.2 Å². The fourth-order valence-corrected chi connectivity index (χ4v) is 3.39. The SMILES string of the molecule is CC(C)c1ccc(NC(=O)c2cc3n(n2)C[C@@H](c2ccc(Cl)cc2)OC3)cc1. The van der Waals surface area contributed by atoms with Crippen LogP contribution in [0.5, 0.6) is 0 Å². The molecule has 28 heavy (non-hydrogen) atoms. The molecule has 0 fully saturated rings. The second-order valence-electron chi connectivity index (χ2n) is 7.29. The van der Waals surface area contributed by atoms with Gasteiger partial charge in [-0.25, -0.2) is 0 Å². The molecule has 0 saturated heterocycles. The number of fused-ring (bicyclic) bond motifs is 1. The van der Waals surface area contributed by atoms with Gasteiger partial charge in [0, 0.05) is 10.7 Å². The number of hydrogen-bond donors (Lipinski definition) is 1. The highest BCUT2D eigenvalue weighted by Gasteiger charge is 2.24. The third-order valence-electron chi connectivity index (χ3n) is 4.94. The number of nitrogens with one attached hydrogen (secondary N) is 1. The molecule has 1 aliphatic rings. The van der Waals surface area contributed by atoms with E-state index < -0.39 is 0 Å². The van der Waals surface area contributed by atoms with E-state index >= 15 is 0 Å². The van der Waals surface area contributed by atoms with Crippen molar-refractivity contribution in [1.29, 1.82) is 0 Å². The van der Waals surface area contributed by atoms with Gasteiger partial charge in [0.25, 0.3) is 5.91 Å². The maximum absolute atomic E-state index is 12.6. The number of amides is 1. The summed E-state index contributed by atoms with van der Waals surface area (Å²) in [5.74, 6) is 0.237. The smallest absolute Gasteiger partial charge is 0.276 e. The molecule has 3 aromatic rings. The lowest BCUT2D eigenvalue weighted by molar-refractivity contribution is -0.00118. The number of ether oxygens (including phenoxy) is 1. The summed E-state index contributed by atoms with van der Waals surface area (Å²) >= 11 is 5.96. The molecule has 0 spiro atoms. The van der Waals surface area contributed by atoms with Crippen molar-refractivity contribution in [2.45, 2.75) is 39.0 Å². The molecule has 1 aliphatic heterocycles. The van der Waals surface area contributed by atoms with Crippen molar-refractivity contribution in [3.8, 4) is 0 Å².